The summed E-state index contributed by atoms with van der Waals surface area (Å²) in [7, 11) is 0. The molecule has 4 heteroatoms. The van der Waals surface area contributed by atoms with Crippen LogP contribution in [-0.2, 0) is 6.54 Å². The van der Waals surface area contributed by atoms with Crippen LogP contribution in [0.15, 0.2) is 46.9 Å². The standard InChI is InChI=1S/C17H19BrFNO/c1-12(2)10-20-11-13-5-3-4-6-16(13)21-17-8-7-14(18)9-15(17)19/h3-9,12,20H,10-11H2,1-2H3. The van der Waals surface area contributed by atoms with E-state index in [1.807, 2.05) is 24.3 Å². The molecule has 0 saturated heterocycles. The van der Waals surface area contributed by atoms with Crippen molar-refractivity contribution in [2.75, 3.05) is 6.54 Å². The van der Waals surface area contributed by atoms with Gasteiger partial charge in [-0.1, -0.05) is 48.0 Å². The van der Waals surface area contributed by atoms with E-state index in [1.54, 1.807) is 12.1 Å². The van der Waals surface area contributed by atoms with E-state index in [1.165, 1.54) is 6.07 Å². The van der Waals surface area contributed by atoms with Crippen LogP contribution in [0.2, 0.25) is 0 Å². The van der Waals surface area contributed by atoms with E-state index in [0.29, 0.717) is 22.7 Å². The molecule has 1 N–H and O–H groups in total. The molecule has 0 spiro atoms. The summed E-state index contributed by atoms with van der Waals surface area (Å²) in [6.45, 7) is 5.95. The summed E-state index contributed by atoms with van der Waals surface area (Å²) < 4.78 is 20.3. The molecule has 0 atom stereocenters. The van der Waals surface area contributed by atoms with Crippen LogP contribution < -0.4 is 10.1 Å². The van der Waals surface area contributed by atoms with E-state index in [2.05, 4.69) is 35.1 Å². The average Bonchev–Trinajstić information content (AvgIpc) is 2.43. The number of hydrogen-bond donors (Lipinski definition) is 1. The minimum absolute atomic E-state index is 0.231. The molecule has 0 fully saturated rings. The number of halogens is 2. The van der Waals surface area contributed by atoms with Crippen molar-refractivity contribution >= 4 is 15.9 Å². The molecule has 2 rings (SSSR count). The predicted octanol–water partition coefficient (Wildman–Crippen LogP) is 5.13. The molecule has 0 unspecified atom stereocenters. The highest BCUT2D eigenvalue weighted by Crippen LogP contribution is 2.29. The molecular formula is C17H19BrFNO. The molecule has 0 amide bonds. The molecule has 0 aliphatic rings. The van der Waals surface area contributed by atoms with Gasteiger partial charge in [0.25, 0.3) is 0 Å². The fourth-order valence-electron chi connectivity index (χ4n) is 1.92. The summed E-state index contributed by atoms with van der Waals surface area (Å²) in [4.78, 5) is 0. The third kappa shape index (κ3) is 4.83. The van der Waals surface area contributed by atoms with Gasteiger partial charge >= 0.3 is 0 Å². The summed E-state index contributed by atoms with van der Waals surface area (Å²) in [6, 6.07) is 12.5. The number of hydrogen-bond acceptors (Lipinski definition) is 2. The van der Waals surface area contributed by atoms with Crippen LogP contribution in [0.25, 0.3) is 0 Å². The van der Waals surface area contributed by atoms with Gasteiger partial charge in [0.1, 0.15) is 5.75 Å². The Morgan fingerprint density at radius 1 is 1.14 bits per heavy atom. The second-order valence-corrected chi connectivity index (χ2v) is 6.22. The maximum atomic E-state index is 13.9. The summed E-state index contributed by atoms with van der Waals surface area (Å²) >= 11 is 3.24. The summed E-state index contributed by atoms with van der Waals surface area (Å²) in [6.07, 6.45) is 0. The molecule has 2 nitrogen and oxygen atoms in total. The van der Waals surface area contributed by atoms with Crippen molar-refractivity contribution in [3.05, 3.63) is 58.3 Å². The van der Waals surface area contributed by atoms with Gasteiger partial charge in [0.05, 0.1) is 0 Å². The first-order chi connectivity index (χ1) is 10.1. The molecule has 0 aliphatic carbocycles. The first-order valence-electron chi connectivity index (χ1n) is 6.98. The Bertz CT molecular complexity index is 601. The Kier molecular flexibility index (Phi) is 5.76. The number of benzene rings is 2. The summed E-state index contributed by atoms with van der Waals surface area (Å²) in [5.41, 5.74) is 1.01. The Labute approximate surface area is 133 Å². The molecule has 112 valence electrons. The number of rotatable bonds is 6. The fraction of sp³-hybridized carbons (Fsp3) is 0.294. The lowest BCUT2D eigenvalue weighted by molar-refractivity contribution is 0.434. The molecular weight excluding hydrogens is 333 g/mol. The van der Waals surface area contributed by atoms with Gasteiger partial charge in [-0.05, 0) is 36.7 Å². The molecule has 2 aromatic carbocycles. The van der Waals surface area contributed by atoms with E-state index in [0.717, 1.165) is 12.1 Å². The van der Waals surface area contributed by atoms with Gasteiger partial charge < -0.3 is 10.1 Å². The van der Waals surface area contributed by atoms with Crippen molar-refractivity contribution in [3.63, 3.8) is 0 Å². The lowest BCUT2D eigenvalue weighted by Crippen LogP contribution is -2.19. The van der Waals surface area contributed by atoms with Crippen molar-refractivity contribution in [3.8, 4) is 11.5 Å². The largest absolute Gasteiger partial charge is 0.454 e. The molecule has 0 aliphatic heterocycles. The second kappa shape index (κ2) is 7.57. The molecule has 0 aromatic heterocycles. The Balaban J connectivity index is 2.12. The molecule has 2 aromatic rings. The highest BCUT2D eigenvalue weighted by Gasteiger charge is 2.08. The topological polar surface area (TPSA) is 21.3 Å². The van der Waals surface area contributed by atoms with Crippen molar-refractivity contribution in [2.45, 2.75) is 20.4 Å². The summed E-state index contributed by atoms with van der Waals surface area (Å²) in [5, 5.41) is 3.37. The zero-order valence-electron chi connectivity index (χ0n) is 12.2. The van der Waals surface area contributed by atoms with Gasteiger partial charge in [-0.25, -0.2) is 4.39 Å². The van der Waals surface area contributed by atoms with E-state index in [-0.39, 0.29) is 11.6 Å². The van der Waals surface area contributed by atoms with Gasteiger partial charge in [-0.3, -0.25) is 0 Å². The molecule has 21 heavy (non-hydrogen) atoms. The zero-order chi connectivity index (χ0) is 15.2. The van der Waals surface area contributed by atoms with Crippen LogP contribution in [0.4, 0.5) is 4.39 Å². The van der Waals surface area contributed by atoms with E-state index in [9.17, 15) is 4.39 Å². The molecule has 0 saturated carbocycles. The van der Waals surface area contributed by atoms with Crippen molar-refractivity contribution in [1.82, 2.24) is 5.32 Å². The van der Waals surface area contributed by atoms with Gasteiger partial charge in [-0.2, -0.15) is 0 Å². The molecule has 0 heterocycles. The van der Waals surface area contributed by atoms with Crippen LogP contribution in [0.5, 0.6) is 11.5 Å². The van der Waals surface area contributed by atoms with Crippen molar-refractivity contribution in [2.24, 2.45) is 5.92 Å². The van der Waals surface area contributed by atoms with E-state index >= 15 is 0 Å². The Morgan fingerprint density at radius 3 is 2.62 bits per heavy atom. The second-order valence-electron chi connectivity index (χ2n) is 5.31. The van der Waals surface area contributed by atoms with E-state index < -0.39 is 0 Å². The van der Waals surface area contributed by atoms with Gasteiger partial charge in [0, 0.05) is 16.6 Å². The van der Waals surface area contributed by atoms with Gasteiger partial charge in [0.15, 0.2) is 11.6 Å². The molecule has 0 bridgehead atoms. The number of nitrogens with one attached hydrogen (secondary N) is 1. The number of ether oxygens (including phenoxy) is 1. The van der Waals surface area contributed by atoms with Crippen molar-refractivity contribution < 1.29 is 9.13 Å². The first-order valence-corrected chi connectivity index (χ1v) is 7.77. The smallest absolute Gasteiger partial charge is 0.166 e. The van der Waals surface area contributed by atoms with E-state index in [4.69, 9.17) is 4.74 Å². The minimum atomic E-state index is -0.380. The van der Waals surface area contributed by atoms with Gasteiger partial charge in [0.2, 0.25) is 0 Å². The Morgan fingerprint density at radius 2 is 1.90 bits per heavy atom. The predicted molar refractivity (Wildman–Crippen MR) is 87.2 cm³/mol. The highest BCUT2D eigenvalue weighted by atomic mass is 79.9. The third-order valence-electron chi connectivity index (χ3n) is 2.95. The van der Waals surface area contributed by atoms with Crippen LogP contribution in [0, 0.1) is 11.7 Å². The average molecular weight is 352 g/mol. The lowest BCUT2D eigenvalue weighted by atomic mass is 10.2. The SMILES string of the molecule is CC(C)CNCc1ccccc1Oc1ccc(Br)cc1F. The number of para-hydroxylation sites is 1. The molecule has 0 radical (unpaired) electrons. The fourth-order valence-corrected chi connectivity index (χ4v) is 2.25. The maximum Gasteiger partial charge on any atom is 0.166 e. The van der Waals surface area contributed by atoms with Crippen LogP contribution in [0.1, 0.15) is 19.4 Å². The zero-order valence-corrected chi connectivity index (χ0v) is 13.8. The summed E-state index contributed by atoms with van der Waals surface area (Å²) in [5.74, 6) is 1.11. The highest BCUT2D eigenvalue weighted by molar-refractivity contribution is 9.10. The maximum absolute atomic E-state index is 13.9. The van der Waals surface area contributed by atoms with Crippen LogP contribution in [-0.4, -0.2) is 6.54 Å². The monoisotopic (exact) mass is 351 g/mol. The van der Waals surface area contributed by atoms with Crippen LogP contribution in [0.3, 0.4) is 0 Å². The Hall–Kier alpha value is -1.39. The van der Waals surface area contributed by atoms with Gasteiger partial charge in [-0.15, -0.1) is 0 Å². The van der Waals surface area contributed by atoms with Crippen molar-refractivity contribution in [1.29, 1.82) is 0 Å². The normalized spacial score (nSPS) is 10.9. The third-order valence-corrected chi connectivity index (χ3v) is 3.45. The minimum Gasteiger partial charge on any atom is -0.454 e. The quantitative estimate of drug-likeness (QED) is 0.779. The lowest BCUT2D eigenvalue weighted by Gasteiger charge is -2.13. The van der Waals surface area contributed by atoms with Crippen LogP contribution >= 0.6 is 15.9 Å². The first kappa shape index (κ1) is 16.0.